The van der Waals surface area contributed by atoms with Crippen LogP contribution in [0.3, 0.4) is 0 Å². The van der Waals surface area contributed by atoms with E-state index in [-0.39, 0.29) is 6.10 Å². The molecule has 5 atom stereocenters. The first-order chi connectivity index (χ1) is 5.77. The number of aliphatic hydroxyl groups excluding tert-OH is 1. The van der Waals surface area contributed by atoms with Crippen molar-refractivity contribution in [3.63, 3.8) is 0 Å². The van der Waals surface area contributed by atoms with Crippen molar-refractivity contribution in [1.29, 1.82) is 0 Å². The maximum absolute atomic E-state index is 9.89. The summed E-state index contributed by atoms with van der Waals surface area (Å²) in [7, 11) is 0. The quantitative estimate of drug-likeness (QED) is 0.538. The Kier molecular flexibility index (Phi) is 1.16. The van der Waals surface area contributed by atoms with E-state index >= 15 is 0 Å². The summed E-state index contributed by atoms with van der Waals surface area (Å²) in [6.07, 6.45) is 8.09. The largest absolute Gasteiger partial charge is 0.388 e. The molecule has 0 spiro atoms. The minimum absolute atomic E-state index is 0.144. The zero-order valence-electron chi connectivity index (χ0n) is 7.27. The number of hydrogen-bond donors (Lipinski definition) is 1. The summed E-state index contributed by atoms with van der Waals surface area (Å²) in [5.41, 5.74) is 1.20. The van der Waals surface area contributed by atoms with Crippen molar-refractivity contribution < 1.29 is 5.11 Å². The van der Waals surface area contributed by atoms with Gasteiger partial charge in [0.2, 0.25) is 0 Å². The van der Waals surface area contributed by atoms with Crippen LogP contribution in [0.1, 0.15) is 13.3 Å². The number of rotatable bonds is 0. The molecule has 0 heterocycles. The van der Waals surface area contributed by atoms with Crippen LogP contribution in [0.15, 0.2) is 23.8 Å². The average molecular weight is 162 g/mol. The lowest BCUT2D eigenvalue weighted by molar-refractivity contribution is 0.124. The summed E-state index contributed by atoms with van der Waals surface area (Å²) in [6, 6.07) is 0. The van der Waals surface area contributed by atoms with Crippen molar-refractivity contribution in [2.45, 2.75) is 19.4 Å². The van der Waals surface area contributed by atoms with E-state index in [1.54, 1.807) is 0 Å². The smallest absolute Gasteiger partial charge is 0.0787 e. The van der Waals surface area contributed by atoms with Gasteiger partial charge in [0.25, 0.3) is 0 Å². The molecule has 64 valence electrons. The second kappa shape index (κ2) is 2.02. The Bertz CT molecular complexity index is 277. The standard InChI is InChI=1S/C11H14O/c1-6-4-9-7-2-3-8(5-7)10(9)11(6)12/h2-4,7-12H,5H2,1H3. The van der Waals surface area contributed by atoms with Crippen LogP contribution in [0.25, 0.3) is 0 Å². The molecule has 0 radical (unpaired) electrons. The Labute approximate surface area is 72.8 Å². The molecule has 0 amide bonds. The normalized spacial score (nSPS) is 54.5. The van der Waals surface area contributed by atoms with E-state index in [4.69, 9.17) is 0 Å². The van der Waals surface area contributed by atoms with E-state index in [1.807, 2.05) is 0 Å². The molecule has 5 unspecified atom stereocenters. The van der Waals surface area contributed by atoms with Crippen LogP contribution >= 0.6 is 0 Å². The molecule has 2 bridgehead atoms. The van der Waals surface area contributed by atoms with Gasteiger partial charge in [0.05, 0.1) is 6.10 Å². The van der Waals surface area contributed by atoms with Gasteiger partial charge < -0.3 is 5.11 Å². The Morgan fingerprint density at radius 2 is 2.08 bits per heavy atom. The van der Waals surface area contributed by atoms with Crippen molar-refractivity contribution >= 4 is 0 Å². The Balaban J connectivity index is 2.01. The predicted molar refractivity (Wildman–Crippen MR) is 47.5 cm³/mol. The molecule has 3 aliphatic rings. The zero-order chi connectivity index (χ0) is 8.29. The molecule has 3 aliphatic carbocycles. The van der Waals surface area contributed by atoms with Crippen LogP contribution in [0.4, 0.5) is 0 Å². The molecule has 1 saturated carbocycles. The number of hydrogen-bond acceptors (Lipinski definition) is 1. The lowest BCUT2D eigenvalue weighted by Crippen LogP contribution is -2.25. The molecule has 0 aromatic heterocycles. The topological polar surface area (TPSA) is 20.2 Å². The fourth-order valence-corrected chi connectivity index (χ4v) is 3.28. The first-order valence-corrected chi connectivity index (χ1v) is 4.82. The van der Waals surface area contributed by atoms with Gasteiger partial charge in [-0.2, -0.15) is 0 Å². The van der Waals surface area contributed by atoms with E-state index in [9.17, 15) is 5.11 Å². The van der Waals surface area contributed by atoms with Crippen LogP contribution in [-0.2, 0) is 0 Å². The van der Waals surface area contributed by atoms with Gasteiger partial charge in [0.15, 0.2) is 0 Å². The Hall–Kier alpha value is -0.560. The van der Waals surface area contributed by atoms with Crippen LogP contribution < -0.4 is 0 Å². The minimum Gasteiger partial charge on any atom is -0.388 e. The fraction of sp³-hybridized carbons (Fsp3) is 0.636. The minimum atomic E-state index is -0.144. The molecule has 1 fully saturated rings. The zero-order valence-corrected chi connectivity index (χ0v) is 7.27. The second-order valence-electron chi connectivity index (χ2n) is 4.46. The van der Waals surface area contributed by atoms with Crippen molar-refractivity contribution in [2.24, 2.45) is 23.7 Å². The first-order valence-electron chi connectivity index (χ1n) is 4.82. The molecular weight excluding hydrogens is 148 g/mol. The molecule has 3 rings (SSSR count). The third kappa shape index (κ3) is 0.639. The van der Waals surface area contributed by atoms with E-state index < -0.39 is 0 Å². The van der Waals surface area contributed by atoms with Crippen molar-refractivity contribution in [1.82, 2.24) is 0 Å². The highest BCUT2D eigenvalue weighted by Crippen LogP contribution is 2.54. The van der Waals surface area contributed by atoms with Gasteiger partial charge in [-0.1, -0.05) is 18.2 Å². The average Bonchev–Trinajstić information content (AvgIpc) is 2.66. The molecular formula is C11H14O. The highest BCUT2D eigenvalue weighted by molar-refractivity contribution is 5.29. The van der Waals surface area contributed by atoms with Crippen molar-refractivity contribution in [3.8, 4) is 0 Å². The third-order valence-corrected chi connectivity index (χ3v) is 3.87. The summed E-state index contributed by atoms with van der Waals surface area (Å²) < 4.78 is 0. The molecule has 1 N–H and O–H groups in total. The van der Waals surface area contributed by atoms with Gasteiger partial charge in [0, 0.05) is 5.92 Å². The monoisotopic (exact) mass is 162 g/mol. The SMILES string of the molecule is CC1=CC2C3C=CC(C3)C2C1O. The highest BCUT2D eigenvalue weighted by atomic mass is 16.3. The summed E-state index contributed by atoms with van der Waals surface area (Å²) >= 11 is 0. The maximum Gasteiger partial charge on any atom is 0.0787 e. The molecule has 0 aliphatic heterocycles. The third-order valence-electron chi connectivity index (χ3n) is 3.87. The summed E-state index contributed by atoms with van der Waals surface area (Å²) in [4.78, 5) is 0. The summed E-state index contributed by atoms with van der Waals surface area (Å²) in [5, 5.41) is 9.89. The van der Waals surface area contributed by atoms with Gasteiger partial charge in [-0.05, 0) is 36.7 Å². The molecule has 1 nitrogen and oxygen atoms in total. The Morgan fingerprint density at radius 1 is 1.33 bits per heavy atom. The van der Waals surface area contributed by atoms with Gasteiger partial charge in [-0.25, -0.2) is 0 Å². The fourth-order valence-electron chi connectivity index (χ4n) is 3.28. The van der Waals surface area contributed by atoms with Crippen LogP contribution in [0.5, 0.6) is 0 Å². The van der Waals surface area contributed by atoms with Crippen LogP contribution in [0, 0.1) is 23.7 Å². The first kappa shape index (κ1) is 6.90. The second-order valence-corrected chi connectivity index (χ2v) is 4.46. The van der Waals surface area contributed by atoms with Crippen LogP contribution in [0.2, 0.25) is 0 Å². The number of allylic oxidation sites excluding steroid dienone is 3. The summed E-state index contributed by atoms with van der Waals surface area (Å²) in [6.45, 7) is 2.06. The lowest BCUT2D eigenvalue weighted by atomic mass is 9.84. The van der Waals surface area contributed by atoms with Crippen LogP contribution in [-0.4, -0.2) is 11.2 Å². The number of aliphatic hydroxyl groups is 1. The lowest BCUT2D eigenvalue weighted by Gasteiger charge is -2.23. The van der Waals surface area contributed by atoms with E-state index in [1.165, 1.54) is 12.0 Å². The Morgan fingerprint density at radius 3 is 2.83 bits per heavy atom. The summed E-state index contributed by atoms with van der Waals surface area (Å²) in [5.74, 6) is 2.60. The van der Waals surface area contributed by atoms with E-state index in [2.05, 4.69) is 25.2 Å². The van der Waals surface area contributed by atoms with Gasteiger partial charge in [-0.3, -0.25) is 0 Å². The molecule has 0 aromatic carbocycles. The van der Waals surface area contributed by atoms with E-state index in [0.29, 0.717) is 17.8 Å². The predicted octanol–water partition coefficient (Wildman–Crippen LogP) is 1.75. The highest BCUT2D eigenvalue weighted by Gasteiger charge is 2.49. The number of fused-ring (bicyclic) bond motifs is 5. The molecule has 0 aromatic rings. The molecule has 12 heavy (non-hydrogen) atoms. The van der Waals surface area contributed by atoms with Gasteiger partial charge in [0.1, 0.15) is 0 Å². The van der Waals surface area contributed by atoms with Gasteiger partial charge in [-0.15, -0.1) is 0 Å². The molecule has 0 saturated heterocycles. The van der Waals surface area contributed by atoms with E-state index in [0.717, 1.165) is 5.92 Å². The maximum atomic E-state index is 9.89. The van der Waals surface area contributed by atoms with Crippen molar-refractivity contribution in [2.75, 3.05) is 0 Å². The molecule has 1 heteroatoms. The van der Waals surface area contributed by atoms with Gasteiger partial charge >= 0.3 is 0 Å². The van der Waals surface area contributed by atoms with Crippen molar-refractivity contribution in [3.05, 3.63) is 23.8 Å².